The summed E-state index contributed by atoms with van der Waals surface area (Å²) in [6, 6.07) is 0. The van der Waals surface area contributed by atoms with E-state index in [4.69, 9.17) is 0 Å². The smallest absolute Gasteiger partial charge is 0.211 e. The van der Waals surface area contributed by atoms with Crippen LogP contribution in [0.4, 0.5) is 0 Å². The van der Waals surface area contributed by atoms with E-state index < -0.39 is 10.0 Å². The summed E-state index contributed by atoms with van der Waals surface area (Å²) in [5.74, 6) is 3.08. The Morgan fingerprint density at radius 2 is 1.77 bits per heavy atom. The Hall–Kier alpha value is -0.0900. The molecule has 0 aromatic heterocycles. The fraction of sp³-hybridized carbons (Fsp3) is 0.944. The first-order valence-corrected chi connectivity index (χ1v) is 11.6. The predicted molar refractivity (Wildman–Crippen MR) is 120 cm³/mol. The lowest BCUT2D eigenvalue weighted by atomic mass is 9.79. The molecule has 8 heteroatoms. The highest BCUT2D eigenvalue weighted by Crippen LogP contribution is 2.31. The van der Waals surface area contributed by atoms with E-state index in [2.05, 4.69) is 22.5 Å². The third-order valence-corrected chi connectivity index (χ3v) is 7.22. The first kappa shape index (κ1) is 23.9. The molecule has 0 radical (unpaired) electrons. The first-order valence-electron chi connectivity index (χ1n) is 9.79. The summed E-state index contributed by atoms with van der Waals surface area (Å²) >= 11 is 0. The van der Waals surface area contributed by atoms with Crippen LogP contribution in [0.3, 0.4) is 0 Å². The van der Waals surface area contributed by atoms with Crippen LogP contribution in [-0.2, 0) is 10.0 Å². The Bertz CT molecular complexity index is 533. The Labute approximate surface area is 177 Å². The fourth-order valence-corrected chi connectivity index (χ4v) is 4.98. The van der Waals surface area contributed by atoms with Gasteiger partial charge in [-0.15, -0.1) is 24.0 Å². The van der Waals surface area contributed by atoms with Crippen molar-refractivity contribution in [3.05, 3.63) is 0 Å². The molecule has 26 heavy (non-hydrogen) atoms. The van der Waals surface area contributed by atoms with Gasteiger partial charge >= 0.3 is 0 Å². The molecule has 0 bridgehead atoms. The summed E-state index contributed by atoms with van der Waals surface area (Å²) in [6.45, 7) is 5.49. The fourth-order valence-electron chi connectivity index (χ4n) is 4.10. The van der Waals surface area contributed by atoms with E-state index in [1.54, 1.807) is 4.31 Å². The molecule has 2 fully saturated rings. The van der Waals surface area contributed by atoms with Gasteiger partial charge in [0.1, 0.15) is 0 Å². The molecule has 2 N–H and O–H groups in total. The number of piperidine rings is 1. The molecule has 1 aliphatic carbocycles. The molecule has 6 nitrogen and oxygen atoms in total. The molecule has 2 rings (SSSR count). The molecule has 0 spiro atoms. The molecule has 2 atom stereocenters. The van der Waals surface area contributed by atoms with Gasteiger partial charge in [0.05, 0.1) is 6.26 Å². The summed E-state index contributed by atoms with van der Waals surface area (Å²) in [5, 5.41) is 6.86. The van der Waals surface area contributed by atoms with E-state index in [0.29, 0.717) is 19.0 Å². The van der Waals surface area contributed by atoms with E-state index >= 15 is 0 Å². The molecular weight excluding hydrogens is 463 g/mol. The minimum Gasteiger partial charge on any atom is -0.356 e. The largest absolute Gasteiger partial charge is 0.356 e. The van der Waals surface area contributed by atoms with Crippen molar-refractivity contribution in [2.45, 2.75) is 51.9 Å². The Morgan fingerprint density at radius 3 is 2.35 bits per heavy atom. The van der Waals surface area contributed by atoms with Gasteiger partial charge in [0.2, 0.25) is 10.0 Å². The minimum atomic E-state index is -3.04. The predicted octanol–water partition coefficient (Wildman–Crippen LogP) is 2.66. The van der Waals surface area contributed by atoms with E-state index in [9.17, 15) is 8.42 Å². The zero-order chi connectivity index (χ0) is 18.3. The molecule has 0 aromatic carbocycles. The van der Waals surface area contributed by atoms with Gasteiger partial charge < -0.3 is 10.6 Å². The average Bonchev–Trinajstić information content (AvgIpc) is 2.59. The number of guanidine groups is 1. The lowest BCUT2D eigenvalue weighted by Crippen LogP contribution is -2.44. The third-order valence-electron chi connectivity index (χ3n) is 5.92. The summed E-state index contributed by atoms with van der Waals surface area (Å²) in [5.41, 5.74) is 0. The molecule has 1 aliphatic heterocycles. The molecule has 1 saturated carbocycles. The highest BCUT2D eigenvalue weighted by Gasteiger charge is 2.25. The van der Waals surface area contributed by atoms with Crippen molar-refractivity contribution >= 4 is 40.0 Å². The summed E-state index contributed by atoms with van der Waals surface area (Å²) in [6.07, 6.45) is 9.87. The van der Waals surface area contributed by atoms with Gasteiger partial charge in [0, 0.05) is 33.2 Å². The number of sulfonamides is 1. The highest BCUT2D eigenvalue weighted by atomic mass is 127. The Morgan fingerprint density at radius 1 is 1.12 bits per heavy atom. The molecule has 154 valence electrons. The summed E-state index contributed by atoms with van der Waals surface area (Å²) in [7, 11) is -1.23. The van der Waals surface area contributed by atoms with Crippen molar-refractivity contribution in [3.8, 4) is 0 Å². The second kappa shape index (κ2) is 11.7. The molecule has 2 aliphatic rings. The Kier molecular flexibility index (Phi) is 10.8. The molecule has 0 amide bonds. The zero-order valence-electron chi connectivity index (χ0n) is 16.5. The molecule has 0 aromatic rings. The van der Waals surface area contributed by atoms with Gasteiger partial charge in [-0.1, -0.05) is 32.6 Å². The van der Waals surface area contributed by atoms with E-state index in [1.807, 2.05) is 7.05 Å². The summed E-state index contributed by atoms with van der Waals surface area (Å²) in [4.78, 5) is 4.32. The quantitative estimate of drug-likeness (QED) is 0.334. The second-order valence-electron chi connectivity index (χ2n) is 7.80. The van der Waals surface area contributed by atoms with Gasteiger partial charge in [-0.05, 0) is 37.0 Å². The molecule has 1 saturated heterocycles. The van der Waals surface area contributed by atoms with Crippen molar-refractivity contribution in [1.29, 1.82) is 0 Å². The van der Waals surface area contributed by atoms with Crippen molar-refractivity contribution < 1.29 is 8.42 Å². The van der Waals surface area contributed by atoms with E-state index in [1.165, 1.54) is 38.4 Å². The van der Waals surface area contributed by atoms with Crippen LogP contribution in [0.5, 0.6) is 0 Å². The number of nitrogens with zero attached hydrogens (tertiary/aromatic N) is 2. The molecule has 1 heterocycles. The van der Waals surface area contributed by atoms with Gasteiger partial charge in [-0.3, -0.25) is 4.99 Å². The Balaban J connectivity index is 0.00000338. The van der Waals surface area contributed by atoms with Crippen molar-refractivity contribution in [3.63, 3.8) is 0 Å². The van der Waals surface area contributed by atoms with E-state index in [0.717, 1.165) is 43.7 Å². The highest BCUT2D eigenvalue weighted by molar-refractivity contribution is 14.0. The average molecular weight is 500 g/mol. The van der Waals surface area contributed by atoms with Crippen molar-refractivity contribution in [2.24, 2.45) is 22.7 Å². The lowest BCUT2D eigenvalue weighted by molar-refractivity contribution is 0.242. The van der Waals surface area contributed by atoms with Gasteiger partial charge in [-0.2, -0.15) is 0 Å². The standard InChI is InChI=1S/C18H36N4O2S.HI/c1-15-6-4-5-7-17(15)8-11-20-18(19-2)21-14-16-9-12-22(13-10-16)25(3,23)24;/h15-17H,4-14H2,1-3H3,(H2,19,20,21);1H. The molecular formula is C18H37IN4O2S. The van der Waals surface area contributed by atoms with Crippen LogP contribution in [0.15, 0.2) is 4.99 Å². The van der Waals surface area contributed by atoms with E-state index in [-0.39, 0.29) is 24.0 Å². The SMILES string of the molecule is CN=C(NCCC1CCCCC1C)NCC1CCN(S(C)(=O)=O)CC1.I. The second-order valence-corrected chi connectivity index (χ2v) is 9.78. The van der Waals surface area contributed by atoms with Crippen LogP contribution in [-0.4, -0.2) is 58.2 Å². The van der Waals surface area contributed by atoms with Crippen molar-refractivity contribution in [1.82, 2.24) is 14.9 Å². The zero-order valence-corrected chi connectivity index (χ0v) is 19.7. The van der Waals surface area contributed by atoms with Crippen LogP contribution in [0, 0.1) is 17.8 Å². The number of nitrogens with one attached hydrogen (secondary N) is 2. The maximum atomic E-state index is 11.6. The van der Waals surface area contributed by atoms with Crippen LogP contribution in [0.25, 0.3) is 0 Å². The van der Waals surface area contributed by atoms with Crippen LogP contribution < -0.4 is 10.6 Å². The number of hydrogen-bond donors (Lipinski definition) is 2. The maximum absolute atomic E-state index is 11.6. The van der Waals surface area contributed by atoms with Crippen LogP contribution >= 0.6 is 24.0 Å². The summed E-state index contributed by atoms with van der Waals surface area (Å²) < 4.78 is 24.7. The number of rotatable bonds is 6. The first-order chi connectivity index (χ1) is 11.9. The van der Waals surface area contributed by atoms with Crippen LogP contribution in [0.2, 0.25) is 0 Å². The van der Waals surface area contributed by atoms with Gasteiger partial charge in [0.25, 0.3) is 0 Å². The number of halogens is 1. The minimum absolute atomic E-state index is 0. The lowest BCUT2D eigenvalue weighted by Gasteiger charge is -2.31. The normalized spacial score (nSPS) is 26.2. The van der Waals surface area contributed by atoms with Gasteiger partial charge in [0.15, 0.2) is 5.96 Å². The number of aliphatic imine (C=N–C) groups is 1. The van der Waals surface area contributed by atoms with Crippen molar-refractivity contribution in [2.75, 3.05) is 39.5 Å². The monoisotopic (exact) mass is 500 g/mol. The number of hydrogen-bond acceptors (Lipinski definition) is 3. The van der Waals surface area contributed by atoms with Gasteiger partial charge in [-0.25, -0.2) is 12.7 Å². The maximum Gasteiger partial charge on any atom is 0.211 e. The topological polar surface area (TPSA) is 73.8 Å². The molecule has 2 unspecified atom stereocenters. The third kappa shape index (κ3) is 7.88. The van der Waals surface area contributed by atoms with Crippen LogP contribution in [0.1, 0.15) is 51.9 Å².